The Balaban J connectivity index is 1.91. The van der Waals surface area contributed by atoms with Crippen LogP contribution in [0.25, 0.3) is 0 Å². The lowest BCUT2D eigenvalue weighted by atomic mass is 10.3. The fourth-order valence-corrected chi connectivity index (χ4v) is 1.80. The molecule has 1 saturated carbocycles. The highest BCUT2D eigenvalue weighted by Gasteiger charge is 2.25. The van der Waals surface area contributed by atoms with Gasteiger partial charge in [0.1, 0.15) is 11.5 Å². The zero-order valence-electron chi connectivity index (χ0n) is 10.5. The number of primary amides is 1. The maximum atomic E-state index is 11.0. The van der Waals surface area contributed by atoms with Crippen molar-refractivity contribution in [2.24, 2.45) is 5.73 Å². The van der Waals surface area contributed by atoms with Gasteiger partial charge in [-0.3, -0.25) is 4.79 Å². The monoisotopic (exact) mass is 249 g/mol. The van der Waals surface area contributed by atoms with Gasteiger partial charge in [0.25, 0.3) is 5.91 Å². The van der Waals surface area contributed by atoms with E-state index in [0.29, 0.717) is 11.5 Å². The number of hydrogen-bond acceptors (Lipinski definition) is 5. The highest BCUT2D eigenvalue weighted by Crippen LogP contribution is 2.24. The van der Waals surface area contributed by atoms with E-state index < -0.39 is 5.91 Å². The number of carbonyl (C=O) groups excluding carboxylic acids is 1. The smallest absolute Gasteiger partial charge is 0.267 e. The summed E-state index contributed by atoms with van der Waals surface area (Å²) in [5.41, 5.74) is 11.7. The van der Waals surface area contributed by atoms with Crippen molar-refractivity contribution in [1.82, 2.24) is 9.88 Å². The van der Waals surface area contributed by atoms with E-state index in [9.17, 15) is 4.79 Å². The third-order valence-electron chi connectivity index (χ3n) is 3.11. The Hall–Kier alpha value is -1.82. The number of rotatable bonds is 6. The number of hydrogen-bond donors (Lipinski definition) is 3. The van der Waals surface area contributed by atoms with Gasteiger partial charge in [0.2, 0.25) is 0 Å². The Kier molecular flexibility index (Phi) is 3.66. The summed E-state index contributed by atoms with van der Waals surface area (Å²) in [6, 6.07) is 3.90. The van der Waals surface area contributed by atoms with Crippen molar-refractivity contribution in [2.75, 3.05) is 31.2 Å². The number of nitrogens with two attached hydrogens (primary N) is 2. The van der Waals surface area contributed by atoms with Crippen LogP contribution in [-0.4, -0.2) is 42.0 Å². The van der Waals surface area contributed by atoms with Crippen LogP contribution in [0, 0.1) is 0 Å². The molecule has 2 rings (SSSR count). The second-order valence-electron chi connectivity index (χ2n) is 4.64. The number of nitrogens with zero attached hydrogens (tertiary/aromatic N) is 2. The SMILES string of the molecule is CN(CCNc1nc(C(N)=O)ccc1N)C1CC1. The van der Waals surface area contributed by atoms with Crippen molar-refractivity contribution in [3.05, 3.63) is 17.8 Å². The summed E-state index contributed by atoms with van der Waals surface area (Å²) < 4.78 is 0. The normalized spacial score (nSPS) is 14.8. The van der Waals surface area contributed by atoms with Gasteiger partial charge in [0.15, 0.2) is 0 Å². The molecule has 98 valence electrons. The highest BCUT2D eigenvalue weighted by molar-refractivity contribution is 5.91. The van der Waals surface area contributed by atoms with Crippen LogP contribution < -0.4 is 16.8 Å². The number of anilines is 2. The highest BCUT2D eigenvalue weighted by atomic mass is 16.1. The summed E-state index contributed by atoms with van der Waals surface area (Å²) in [6.07, 6.45) is 2.57. The van der Waals surface area contributed by atoms with Crippen LogP contribution in [0.3, 0.4) is 0 Å². The lowest BCUT2D eigenvalue weighted by Crippen LogP contribution is -2.27. The summed E-state index contributed by atoms with van der Waals surface area (Å²) >= 11 is 0. The maximum absolute atomic E-state index is 11.0. The molecule has 1 heterocycles. The molecule has 0 saturated heterocycles. The van der Waals surface area contributed by atoms with Crippen molar-refractivity contribution in [3.63, 3.8) is 0 Å². The zero-order chi connectivity index (χ0) is 13.1. The number of nitrogen functional groups attached to an aromatic ring is 1. The molecule has 0 unspecified atom stereocenters. The first kappa shape index (κ1) is 12.6. The van der Waals surface area contributed by atoms with Gasteiger partial charge in [-0.15, -0.1) is 0 Å². The van der Waals surface area contributed by atoms with Crippen LogP contribution in [-0.2, 0) is 0 Å². The summed E-state index contributed by atoms with van der Waals surface area (Å²) in [6.45, 7) is 1.67. The minimum Gasteiger partial charge on any atom is -0.396 e. The average molecular weight is 249 g/mol. The molecule has 6 heteroatoms. The van der Waals surface area contributed by atoms with Crippen molar-refractivity contribution < 1.29 is 4.79 Å². The molecule has 0 aromatic carbocycles. The number of carbonyl (C=O) groups is 1. The van der Waals surface area contributed by atoms with E-state index >= 15 is 0 Å². The maximum Gasteiger partial charge on any atom is 0.267 e. The molecule has 1 aliphatic carbocycles. The third kappa shape index (κ3) is 3.10. The zero-order valence-corrected chi connectivity index (χ0v) is 10.5. The first-order valence-corrected chi connectivity index (χ1v) is 6.08. The van der Waals surface area contributed by atoms with Crippen LogP contribution in [0.15, 0.2) is 12.1 Å². The summed E-state index contributed by atoms with van der Waals surface area (Å²) in [7, 11) is 2.11. The summed E-state index contributed by atoms with van der Waals surface area (Å²) in [5.74, 6) is -0.0244. The van der Waals surface area contributed by atoms with E-state index in [4.69, 9.17) is 11.5 Å². The first-order chi connectivity index (χ1) is 8.58. The van der Waals surface area contributed by atoms with E-state index in [1.807, 2.05) is 0 Å². The fraction of sp³-hybridized carbons (Fsp3) is 0.500. The van der Waals surface area contributed by atoms with E-state index in [1.165, 1.54) is 18.9 Å². The number of likely N-dealkylation sites (N-methyl/N-ethyl adjacent to an activating group) is 1. The van der Waals surface area contributed by atoms with Crippen molar-refractivity contribution >= 4 is 17.4 Å². The van der Waals surface area contributed by atoms with Crippen LogP contribution >= 0.6 is 0 Å². The van der Waals surface area contributed by atoms with Gasteiger partial charge >= 0.3 is 0 Å². The Morgan fingerprint density at radius 2 is 2.28 bits per heavy atom. The largest absolute Gasteiger partial charge is 0.396 e. The van der Waals surface area contributed by atoms with Gasteiger partial charge in [0, 0.05) is 19.1 Å². The van der Waals surface area contributed by atoms with Crippen molar-refractivity contribution in [1.29, 1.82) is 0 Å². The predicted octanol–water partition coefficient (Wildman–Crippen LogP) is 0.269. The van der Waals surface area contributed by atoms with Gasteiger partial charge in [-0.25, -0.2) is 4.98 Å². The molecule has 1 aliphatic rings. The van der Waals surface area contributed by atoms with Crippen molar-refractivity contribution in [2.45, 2.75) is 18.9 Å². The Labute approximate surface area is 106 Å². The molecule has 0 atom stereocenters. The topological polar surface area (TPSA) is 97.3 Å². The summed E-state index contributed by atoms with van der Waals surface area (Å²) in [4.78, 5) is 17.4. The Bertz CT molecular complexity index is 444. The van der Waals surface area contributed by atoms with Gasteiger partial charge in [-0.2, -0.15) is 0 Å². The molecule has 1 amide bonds. The number of aromatic nitrogens is 1. The minimum absolute atomic E-state index is 0.224. The molecular formula is C12H19N5O. The lowest BCUT2D eigenvalue weighted by Gasteiger charge is -2.16. The van der Waals surface area contributed by atoms with Crippen LogP contribution in [0.4, 0.5) is 11.5 Å². The average Bonchev–Trinajstić information content (AvgIpc) is 3.15. The van der Waals surface area contributed by atoms with Crippen LogP contribution in [0.5, 0.6) is 0 Å². The van der Waals surface area contributed by atoms with E-state index in [1.54, 1.807) is 6.07 Å². The molecular weight excluding hydrogens is 230 g/mol. The number of amides is 1. The summed E-state index contributed by atoms with van der Waals surface area (Å²) in [5, 5.41) is 3.14. The van der Waals surface area contributed by atoms with E-state index in [-0.39, 0.29) is 5.69 Å². The molecule has 18 heavy (non-hydrogen) atoms. The fourth-order valence-electron chi connectivity index (χ4n) is 1.80. The predicted molar refractivity (Wildman–Crippen MR) is 71.3 cm³/mol. The van der Waals surface area contributed by atoms with E-state index in [0.717, 1.165) is 19.1 Å². The minimum atomic E-state index is -0.548. The first-order valence-electron chi connectivity index (χ1n) is 6.08. The molecule has 5 N–H and O–H groups in total. The molecule has 1 aromatic rings. The standard InChI is InChI=1S/C12H19N5O/c1-17(8-2-3-8)7-6-15-12-9(13)4-5-10(16-12)11(14)18/h4-5,8H,2-3,6-7,13H2,1H3,(H2,14,18)(H,15,16). The molecule has 0 bridgehead atoms. The van der Waals surface area contributed by atoms with Gasteiger partial charge < -0.3 is 21.7 Å². The second kappa shape index (κ2) is 5.22. The molecule has 1 fully saturated rings. The molecule has 1 aromatic heterocycles. The molecule has 6 nitrogen and oxygen atoms in total. The van der Waals surface area contributed by atoms with Crippen LogP contribution in [0.1, 0.15) is 23.3 Å². The van der Waals surface area contributed by atoms with Gasteiger partial charge in [-0.1, -0.05) is 0 Å². The van der Waals surface area contributed by atoms with Gasteiger partial charge in [0.05, 0.1) is 5.69 Å². The van der Waals surface area contributed by atoms with Crippen LogP contribution in [0.2, 0.25) is 0 Å². The molecule has 0 radical (unpaired) electrons. The molecule has 0 spiro atoms. The molecule has 0 aliphatic heterocycles. The second-order valence-corrected chi connectivity index (χ2v) is 4.64. The van der Waals surface area contributed by atoms with Crippen molar-refractivity contribution in [3.8, 4) is 0 Å². The lowest BCUT2D eigenvalue weighted by molar-refractivity contribution is 0.0996. The number of pyridine rings is 1. The van der Waals surface area contributed by atoms with Gasteiger partial charge in [-0.05, 0) is 32.0 Å². The quantitative estimate of drug-likeness (QED) is 0.672. The number of nitrogens with one attached hydrogen (secondary N) is 1. The Morgan fingerprint density at radius 1 is 1.56 bits per heavy atom. The third-order valence-corrected chi connectivity index (χ3v) is 3.11. The van der Waals surface area contributed by atoms with E-state index in [2.05, 4.69) is 22.2 Å². The Morgan fingerprint density at radius 3 is 2.89 bits per heavy atom.